The maximum Gasteiger partial charge on any atom is 0.269 e. The minimum atomic E-state index is -0.847. The van der Waals surface area contributed by atoms with E-state index in [9.17, 15) is 14.9 Å². The summed E-state index contributed by atoms with van der Waals surface area (Å²) < 4.78 is 0.550. The fourth-order valence-electron chi connectivity index (χ4n) is 2.09. The summed E-state index contributed by atoms with van der Waals surface area (Å²) in [5.41, 5.74) is 0.671. The van der Waals surface area contributed by atoms with Gasteiger partial charge in [-0.3, -0.25) is 14.9 Å². The number of hydrogen-bond acceptors (Lipinski definition) is 3. The number of carbonyl (C=O) groups is 1. The number of nitro groups is 1. The fourth-order valence-corrected chi connectivity index (χ4v) is 3.04. The van der Waals surface area contributed by atoms with Gasteiger partial charge in [-0.1, -0.05) is 22.6 Å². The van der Waals surface area contributed by atoms with E-state index in [-0.39, 0.29) is 11.6 Å². The van der Waals surface area contributed by atoms with Crippen LogP contribution >= 0.6 is 34.2 Å². The Balaban J connectivity index is 2.26. The minimum Gasteiger partial charge on any atom is -0.311 e. The number of alkyl halides is 2. The van der Waals surface area contributed by atoms with E-state index in [1.54, 1.807) is 17.0 Å². The third-order valence-corrected chi connectivity index (χ3v) is 5.40. The van der Waals surface area contributed by atoms with Crippen LogP contribution in [0.2, 0.25) is 0 Å². The zero-order chi connectivity index (χ0) is 14.0. The number of carbonyl (C=O) groups excluding carboxylic acids is 1. The van der Waals surface area contributed by atoms with Gasteiger partial charge in [0.1, 0.15) is 4.87 Å². The van der Waals surface area contributed by atoms with Crippen molar-refractivity contribution < 1.29 is 9.72 Å². The van der Waals surface area contributed by atoms with E-state index in [2.05, 4.69) is 22.6 Å². The van der Waals surface area contributed by atoms with E-state index >= 15 is 0 Å². The molecule has 1 aliphatic rings. The lowest BCUT2D eigenvalue weighted by atomic mass is 9.97. The molecule has 0 bridgehead atoms. The van der Waals surface area contributed by atoms with Gasteiger partial charge in [-0.2, -0.15) is 0 Å². The number of amides is 1. The highest BCUT2D eigenvalue weighted by atomic mass is 127. The number of benzene rings is 1. The van der Waals surface area contributed by atoms with Crippen LogP contribution in [0.1, 0.15) is 12.8 Å². The topological polar surface area (TPSA) is 63.5 Å². The van der Waals surface area contributed by atoms with Crippen molar-refractivity contribution in [2.75, 3.05) is 15.9 Å². The van der Waals surface area contributed by atoms with E-state index in [1.807, 2.05) is 0 Å². The summed E-state index contributed by atoms with van der Waals surface area (Å²) in [7, 11) is 0. The standard InChI is InChI=1S/C12H12ClIN2O3/c13-12(8-14)6-1-7-15(11(12)17)9-2-4-10(5-3-9)16(18)19/h2-5H,1,6-8H2. The molecular weight excluding hydrogens is 382 g/mol. The van der Waals surface area contributed by atoms with Gasteiger partial charge in [-0.25, -0.2) is 0 Å². The summed E-state index contributed by atoms with van der Waals surface area (Å²) in [4.78, 5) is 23.3. The quantitative estimate of drug-likeness (QED) is 0.342. The molecule has 1 atom stereocenters. The third-order valence-electron chi connectivity index (χ3n) is 3.17. The molecule has 1 unspecified atom stereocenters. The van der Waals surface area contributed by atoms with Gasteiger partial charge in [0.15, 0.2) is 0 Å². The Labute approximate surface area is 129 Å². The summed E-state index contributed by atoms with van der Waals surface area (Å²) in [5.74, 6) is -0.122. The molecule has 2 rings (SSSR count). The molecule has 0 aromatic heterocycles. The number of halogens is 2. The monoisotopic (exact) mass is 394 g/mol. The second-order valence-electron chi connectivity index (χ2n) is 4.43. The number of piperidine rings is 1. The van der Waals surface area contributed by atoms with Crippen LogP contribution in [0.15, 0.2) is 24.3 Å². The van der Waals surface area contributed by atoms with E-state index in [4.69, 9.17) is 11.6 Å². The lowest BCUT2D eigenvalue weighted by molar-refractivity contribution is -0.384. The second-order valence-corrected chi connectivity index (χ2v) is 5.92. The lowest BCUT2D eigenvalue weighted by Crippen LogP contribution is -2.51. The van der Waals surface area contributed by atoms with Crippen molar-refractivity contribution in [2.45, 2.75) is 17.7 Å². The van der Waals surface area contributed by atoms with Gasteiger partial charge in [-0.15, -0.1) is 11.6 Å². The van der Waals surface area contributed by atoms with Crippen LogP contribution in [0.25, 0.3) is 0 Å². The number of anilines is 1. The van der Waals surface area contributed by atoms with Gasteiger partial charge in [0.25, 0.3) is 5.69 Å². The van der Waals surface area contributed by atoms with Crippen LogP contribution < -0.4 is 4.90 Å². The van der Waals surface area contributed by atoms with Crippen molar-refractivity contribution in [3.63, 3.8) is 0 Å². The molecule has 19 heavy (non-hydrogen) atoms. The largest absolute Gasteiger partial charge is 0.311 e. The van der Waals surface area contributed by atoms with Gasteiger partial charge < -0.3 is 4.90 Å². The highest BCUT2D eigenvalue weighted by Crippen LogP contribution is 2.34. The summed E-state index contributed by atoms with van der Waals surface area (Å²) in [5, 5.41) is 10.6. The first-order valence-electron chi connectivity index (χ1n) is 5.79. The smallest absolute Gasteiger partial charge is 0.269 e. The van der Waals surface area contributed by atoms with Crippen molar-refractivity contribution in [2.24, 2.45) is 0 Å². The summed E-state index contributed by atoms with van der Waals surface area (Å²) in [6, 6.07) is 5.98. The lowest BCUT2D eigenvalue weighted by Gasteiger charge is -2.36. The van der Waals surface area contributed by atoms with Crippen molar-refractivity contribution in [1.29, 1.82) is 0 Å². The molecular formula is C12H12ClIN2O3. The summed E-state index contributed by atoms with van der Waals surface area (Å²) in [6.45, 7) is 0.599. The number of hydrogen-bond donors (Lipinski definition) is 0. The summed E-state index contributed by atoms with van der Waals surface area (Å²) in [6.07, 6.45) is 1.50. The van der Waals surface area contributed by atoms with Gasteiger partial charge in [0.2, 0.25) is 5.91 Å². The highest BCUT2D eigenvalue weighted by Gasteiger charge is 2.41. The summed E-state index contributed by atoms with van der Waals surface area (Å²) >= 11 is 8.44. The molecule has 1 aliphatic heterocycles. The first-order chi connectivity index (χ1) is 8.98. The molecule has 7 heteroatoms. The van der Waals surface area contributed by atoms with Crippen molar-refractivity contribution in [3.05, 3.63) is 34.4 Å². The molecule has 0 radical (unpaired) electrons. The molecule has 1 aromatic rings. The Morgan fingerprint density at radius 3 is 2.58 bits per heavy atom. The van der Waals surface area contributed by atoms with E-state index in [1.165, 1.54) is 12.1 Å². The average Bonchev–Trinajstić information content (AvgIpc) is 2.42. The first kappa shape index (κ1) is 14.5. The molecule has 102 valence electrons. The molecule has 5 nitrogen and oxygen atoms in total. The molecule has 1 heterocycles. The number of nitrogens with zero attached hydrogens (tertiary/aromatic N) is 2. The van der Waals surface area contributed by atoms with Crippen LogP contribution in [0, 0.1) is 10.1 Å². The maximum absolute atomic E-state index is 12.4. The second kappa shape index (κ2) is 5.62. The third kappa shape index (κ3) is 2.84. The molecule has 0 spiro atoms. The molecule has 1 amide bonds. The van der Waals surface area contributed by atoms with Gasteiger partial charge in [-0.05, 0) is 25.0 Å². The van der Waals surface area contributed by atoms with Crippen LogP contribution in [-0.4, -0.2) is 26.7 Å². The Kier molecular flexibility index (Phi) is 4.29. The molecule has 1 fully saturated rings. The van der Waals surface area contributed by atoms with Crippen molar-refractivity contribution >= 4 is 51.5 Å². The molecule has 0 N–H and O–H groups in total. The first-order valence-corrected chi connectivity index (χ1v) is 7.69. The van der Waals surface area contributed by atoms with Crippen LogP contribution in [-0.2, 0) is 4.79 Å². The Hall–Kier alpha value is -0.890. The van der Waals surface area contributed by atoms with Crippen LogP contribution in [0.3, 0.4) is 0 Å². The average molecular weight is 395 g/mol. The molecule has 0 aliphatic carbocycles. The SMILES string of the molecule is O=C1N(c2ccc([N+](=O)[O-])cc2)CCCC1(Cl)CI. The zero-order valence-electron chi connectivity index (χ0n) is 10.0. The van der Waals surface area contributed by atoms with Crippen LogP contribution in [0.5, 0.6) is 0 Å². The Morgan fingerprint density at radius 2 is 2.05 bits per heavy atom. The predicted molar refractivity (Wildman–Crippen MR) is 82.2 cm³/mol. The van der Waals surface area contributed by atoms with E-state index in [0.29, 0.717) is 23.1 Å². The molecule has 0 saturated carbocycles. The van der Waals surface area contributed by atoms with Gasteiger partial charge >= 0.3 is 0 Å². The zero-order valence-corrected chi connectivity index (χ0v) is 12.9. The minimum absolute atomic E-state index is 0.0132. The van der Waals surface area contributed by atoms with Crippen molar-refractivity contribution in [3.8, 4) is 0 Å². The fraction of sp³-hybridized carbons (Fsp3) is 0.417. The molecule has 1 saturated heterocycles. The van der Waals surface area contributed by atoms with Gasteiger partial charge in [0.05, 0.1) is 4.92 Å². The van der Waals surface area contributed by atoms with Crippen LogP contribution in [0.4, 0.5) is 11.4 Å². The normalized spacial score (nSPS) is 23.5. The highest BCUT2D eigenvalue weighted by molar-refractivity contribution is 14.1. The van der Waals surface area contributed by atoms with E-state index < -0.39 is 9.80 Å². The molecule has 1 aromatic carbocycles. The van der Waals surface area contributed by atoms with E-state index in [0.717, 1.165) is 6.42 Å². The predicted octanol–water partition coefficient (Wildman–Crippen LogP) is 3.13. The van der Waals surface area contributed by atoms with Crippen molar-refractivity contribution in [1.82, 2.24) is 0 Å². The maximum atomic E-state index is 12.4. The Bertz CT molecular complexity index is 508. The number of nitro benzene ring substituents is 1. The Morgan fingerprint density at radius 1 is 1.42 bits per heavy atom. The van der Waals surface area contributed by atoms with Gasteiger partial charge in [0, 0.05) is 28.8 Å². The number of non-ortho nitro benzene ring substituents is 1. The number of rotatable bonds is 3.